The van der Waals surface area contributed by atoms with Crippen LogP contribution in [0.15, 0.2) is 36.4 Å². The molecule has 5 nitrogen and oxygen atoms in total. The van der Waals surface area contributed by atoms with Crippen molar-refractivity contribution in [1.29, 1.82) is 0 Å². The van der Waals surface area contributed by atoms with Gasteiger partial charge in [0.1, 0.15) is 5.69 Å². The lowest BCUT2D eigenvalue weighted by atomic mass is 10.2. The second-order valence-electron chi connectivity index (χ2n) is 4.57. The van der Waals surface area contributed by atoms with E-state index in [9.17, 15) is 9.59 Å². The molecule has 0 unspecified atom stereocenters. The van der Waals surface area contributed by atoms with E-state index >= 15 is 0 Å². The molecule has 1 aliphatic rings. The first-order valence-corrected chi connectivity index (χ1v) is 6.16. The number of hydrogen-bond acceptors (Lipinski definition) is 3. The first kappa shape index (κ1) is 11.6. The molecular formula is C14H13N3O2. The molecule has 5 heteroatoms. The van der Waals surface area contributed by atoms with Crippen LogP contribution in [0.3, 0.4) is 0 Å². The van der Waals surface area contributed by atoms with Crippen molar-refractivity contribution in [1.82, 2.24) is 15.6 Å². The van der Waals surface area contributed by atoms with Crippen molar-refractivity contribution in [2.24, 2.45) is 0 Å². The largest absolute Gasteiger partial charge is 0.354 e. The molecular weight excluding hydrogens is 242 g/mol. The summed E-state index contributed by atoms with van der Waals surface area (Å²) in [7, 11) is 0. The number of aromatic nitrogens is 1. The number of fused-ring (bicyclic) bond motifs is 1. The smallest absolute Gasteiger partial charge is 0.270 e. The Labute approximate surface area is 110 Å². The van der Waals surface area contributed by atoms with Gasteiger partial charge in [-0.15, -0.1) is 0 Å². The maximum Gasteiger partial charge on any atom is 0.270 e. The molecule has 1 aromatic carbocycles. The first-order chi connectivity index (χ1) is 9.22. The monoisotopic (exact) mass is 255 g/mol. The zero-order chi connectivity index (χ0) is 13.2. The molecule has 0 bridgehead atoms. The Morgan fingerprint density at radius 1 is 1.26 bits per heavy atom. The summed E-state index contributed by atoms with van der Waals surface area (Å²) in [6.45, 7) is 0.484. The second-order valence-corrected chi connectivity index (χ2v) is 4.57. The summed E-state index contributed by atoms with van der Waals surface area (Å²) in [5, 5.41) is 6.48. The van der Waals surface area contributed by atoms with E-state index in [2.05, 4.69) is 15.6 Å². The zero-order valence-corrected chi connectivity index (χ0v) is 10.2. The van der Waals surface area contributed by atoms with E-state index in [4.69, 9.17) is 0 Å². The fraction of sp³-hybridized carbons (Fsp3) is 0.214. The quantitative estimate of drug-likeness (QED) is 0.835. The second kappa shape index (κ2) is 4.68. The van der Waals surface area contributed by atoms with Crippen LogP contribution in [-0.4, -0.2) is 29.4 Å². The van der Waals surface area contributed by atoms with Gasteiger partial charge in [-0.2, -0.15) is 0 Å². The van der Waals surface area contributed by atoms with E-state index in [1.807, 2.05) is 30.3 Å². The number of para-hydroxylation sites is 1. The van der Waals surface area contributed by atoms with Gasteiger partial charge in [-0.05, 0) is 12.1 Å². The third kappa shape index (κ3) is 2.40. The van der Waals surface area contributed by atoms with E-state index in [1.165, 1.54) is 0 Å². The Balaban J connectivity index is 1.79. The van der Waals surface area contributed by atoms with Gasteiger partial charge in [0.15, 0.2) is 0 Å². The average molecular weight is 255 g/mol. The highest BCUT2D eigenvalue weighted by molar-refractivity contribution is 5.95. The molecule has 19 heavy (non-hydrogen) atoms. The third-order valence-corrected chi connectivity index (χ3v) is 3.14. The van der Waals surface area contributed by atoms with Gasteiger partial charge in [0.2, 0.25) is 5.91 Å². The van der Waals surface area contributed by atoms with E-state index in [0.29, 0.717) is 18.7 Å². The minimum Gasteiger partial charge on any atom is -0.354 e. The van der Waals surface area contributed by atoms with Gasteiger partial charge in [-0.1, -0.05) is 24.3 Å². The third-order valence-electron chi connectivity index (χ3n) is 3.14. The molecule has 1 aromatic heterocycles. The van der Waals surface area contributed by atoms with Gasteiger partial charge in [0, 0.05) is 18.4 Å². The van der Waals surface area contributed by atoms with Crippen molar-refractivity contribution in [2.45, 2.75) is 12.5 Å². The Morgan fingerprint density at radius 2 is 2.11 bits per heavy atom. The van der Waals surface area contributed by atoms with Gasteiger partial charge in [-0.25, -0.2) is 4.98 Å². The maximum absolute atomic E-state index is 12.0. The van der Waals surface area contributed by atoms with Crippen molar-refractivity contribution in [3.63, 3.8) is 0 Å². The van der Waals surface area contributed by atoms with Crippen LogP contribution >= 0.6 is 0 Å². The van der Waals surface area contributed by atoms with Gasteiger partial charge >= 0.3 is 0 Å². The molecule has 0 radical (unpaired) electrons. The van der Waals surface area contributed by atoms with E-state index < -0.39 is 0 Å². The summed E-state index contributed by atoms with van der Waals surface area (Å²) in [5.41, 5.74) is 1.16. The van der Waals surface area contributed by atoms with Crippen LogP contribution in [0.1, 0.15) is 16.9 Å². The number of nitrogens with one attached hydrogen (secondary N) is 2. The van der Waals surface area contributed by atoms with Crippen LogP contribution in [0, 0.1) is 0 Å². The van der Waals surface area contributed by atoms with Gasteiger partial charge in [-0.3, -0.25) is 9.59 Å². The zero-order valence-electron chi connectivity index (χ0n) is 10.2. The van der Waals surface area contributed by atoms with Crippen LogP contribution in [0.25, 0.3) is 10.9 Å². The molecule has 1 saturated heterocycles. The first-order valence-electron chi connectivity index (χ1n) is 6.16. The van der Waals surface area contributed by atoms with Crippen molar-refractivity contribution < 1.29 is 9.59 Å². The molecule has 1 fully saturated rings. The molecule has 0 aliphatic carbocycles. The molecule has 1 aliphatic heterocycles. The van der Waals surface area contributed by atoms with Crippen LogP contribution < -0.4 is 10.6 Å². The summed E-state index contributed by atoms with van der Waals surface area (Å²) in [4.78, 5) is 27.4. The molecule has 2 N–H and O–H groups in total. The number of hydrogen-bond donors (Lipinski definition) is 2. The number of carbonyl (C=O) groups excluding carboxylic acids is 2. The highest BCUT2D eigenvalue weighted by Crippen LogP contribution is 2.12. The molecule has 3 rings (SSSR count). The lowest BCUT2D eigenvalue weighted by Gasteiger charge is -2.10. The Bertz CT molecular complexity index is 654. The number of benzene rings is 1. The lowest BCUT2D eigenvalue weighted by molar-refractivity contribution is -0.119. The fourth-order valence-corrected chi connectivity index (χ4v) is 2.16. The number of rotatable bonds is 2. The molecule has 2 heterocycles. The van der Waals surface area contributed by atoms with E-state index in [-0.39, 0.29) is 17.9 Å². The minimum absolute atomic E-state index is 0.0308. The average Bonchev–Trinajstić information content (AvgIpc) is 2.83. The fourth-order valence-electron chi connectivity index (χ4n) is 2.16. The Hall–Kier alpha value is -2.43. The highest BCUT2D eigenvalue weighted by Gasteiger charge is 2.23. The number of pyridine rings is 1. The summed E-state index contributed by atoms with van der Waals surface area (Å²) in [6, 6.07) is 11.1. The summed E-state index contributed by atoms with van der Waals surface area (Å²) < 4.78 is 0. The van der Waals surface area contributed by atoms with Crippen molar-refractivity contribution in [2.75, 3.05) is 6.54 Å². The maximum atomic E-state index is 12.0. The van der Waals surface area contributed by atoms with Crippen LogP contribution in [0.2, 0.25) is 0 Å². The molecule has 0 spiro atoms. The molecule has 2 amide bonds. The highest BCUT2D eigenvalue weighted by atomic mass is 16.2. The summed E-state index contributed by atoms with van der Waals surface area (Å²) in [5.74, 6) is -0.274. The lowest BCUT2D eigenvalue weighted by Crippen LogP contribution is -2.36. The molecule has 96 valence electrons. The van der Waals surface area contributed by atoms with Gasteiger partial charge in [0.05, 0.1) is 11.6 Å². The number of nitrogens with zero attached hydrogens (tertiary/aromatic N) is 1. The van der Waals surface area contributed by atoms with Crippen LogP contribution in [0.4, 0.5) is 0 Å². The van der Waals surface area contributed by atoms with E-state index in [0.717, 1.165) is 10.9 Å². The van der Waals surface area contributed by atoms with Crippen LogP contribution in [-0.2, 0) is 4.79 Å². The summed E-state index contributed by atoms with van der Waals surface area (Å²) >= 11 is 0. The minimum atomic E-state index is -0.243. The van der Waals surface area contributed by atoms with Crippen molar-refractivity contribution >= 4 is 22.7 Å². The number of amides is 2. The summed E-state index contributed by atoms with van der Waals surface area (Å²) in [6.07, 6.45) is 0.333. The van der Waals surface area contributed by atoms with Crippen molar-refractivity contribution in [3.8, 4) is 0 Å². The molecule has 2 aromatic rings. The Kier molecular flexibility index (Phi) is 2.87. The topological polar surface area (TPSA) is 71.1 Å². The standard InChI is InChI=1S/C14H13N3O2/c18-13-7-10(8-15-13)16-14(19)12-6-5-9-3-1-2-4-11(9)17-12/h1-6,10H,7-8H2,(H,15,18)(H,16,19)/t10-/m0/s1. The van der Waals surface area contributed by atoms with Crippen molar-refractivity contribution in [3.05, 3.63) is 42.1 Å². The van der Waals surface area contributed by atoms with E-state index in [1.54, 1.807) is 6.07 Å². The molecule has 1 atom stereocenters. The van der Waals surface area contributed by atoms with Gasteiger partial charge in [0.25, 0.3) is 5.91 Å². The SMILES string of the molecule is O=C1C[C@H](NC(=O)c2ccc3ccccc3n2)CN1. The normalized spacial score (nSPS) is 18.3. The predicted octanol–water partition coefficient (Wildman–Crippen LogP) is 0.853. The van der Waals surface area contributed by atoms with Gasteiger partial charge < -0.3 is 10.6 Å². The molecule has 0 saturated carbocycles. The Morgan fingerprint density at radius 3 is 2.89 bits per heavy atom. The van der Waals surface area contributed by atoms with Crippen LogP contribution in [0.5, 0.6) is 0 Å². The predicted molar refractivity (Wildman–Crippen MR) is 70.6 cm³/mol. The number of carbonyl (C=O) groups is 2.